The van der Waals surface area contributed by atoms with Crippen LogP contribution in [-0.4, -0.2) is 41.7 Å². The summed E-state index contributed by atoms with van der Waals surface area (Å²) in [5.41, 5.74) is 3.52. The monoisotopic (exact) mass is 466 g/mol. The van der Waals surface area contributed by atoms with Crippen molar-refractivity contribution in [3.63, 3.8) is 0 Å². The molecular weight excluding hydrogens is 445 g/mol. The van der Waals surface area contributed by atoms with Gasteiger partial charge in [-0.05, 0) is 11.6 Å². The van der Waals surface area contributed by atoms with E-state index in [1.807, 2.05) is 66.7 Å². The summed E-state index contributed by atoms with van der Waals surface area (Å²) in [4.78, 5) is 17.5. The van der Waals surface area contributed by atoms with Crippen molar-refractivity contribution in [1.82, 2.24) is 10.3 Å². The summed E-state index contributed by atoms with van der Waals surface area (Å²) in [5.74, 6) is -0.582. The number of carbonyl (C=O) groups is 1. The van der Waals surface area contributed by atoms with E-state index in [0.717, 1.165) is 11.1 Å². The molecule has 3 aromatic rings. The molecule has 6 nitrogen and oxygen atoms in total. The number of hydrazone groups is 1. The van der Waals surface area contributed by atoms with Gasteiger partial charge in [-0.25, -0.2) is 5.01 Å². The van der Waals surface area contributed by atoms with Crippen LogP contribution >= 0.6 is 0 Å². The van der Waals surface area contributed by atoms with Crippen LogP contribution in [0.3, 0.4) is 0 Å². The smallest absolute Gasteiger partial charge is 0.390 e. The number of oxime groups is 1. The molecule has 0 fully saturated rings. The minimum atomic E-state index is -4.55. The summed E-state index contributed by atoms with van der Waals surface area (Å²) in [6, 6.07) is 26.0. The maximum absolute atomic E-state index is 12.8. The number of amidine groups is 1. The minimum Gasteiger partial charge on any atom is -0.390 e. The van der Waals surface area contributed by atoms with Crippen LogP contribution < -0.4 is 5.32 Å². The molecule has 0 saturated heterocycles. The zero-order valence-corrected chi connectivity index (χ0v) is 18.0. The zero-order chi connectivity index (χ0) is 24.0. The van der Waals surface area contributed by atoms with Gasteiger partial charge in [0.15, 0.2) is 5.84 Å². The molecule has 0 aliphatic carbocycles. The first kappa shape index (κ1) is 23.0. The van der Waals surface area contributed by atoms with Gasteiger partial charge in [0.25, 0.3) is 5.91 Å². The van der Waals surface area contributed by atoms with Gasteiger partial charge in [0.1, 0.15) is 18.9 Å². The number of rotatable bonds is 7. The van der Waals surface area contributed by atoms with E-state index in [1.54, 1.807) is 18.2 Å². The van der Waals surface area contributed by atoms with E-state index in [-0.39, 0.29) is 19.0 Å². The van der Waals surface area contributed by atoms with Crippen LogP contribution in [0, 0.1) is 0 Å². The van der Waals surface area contributed by atoms with Crippen molar-refractivity contribution in [1.29, 1.82) is 0 Å². The lowest BCUT2D eigenvalue weighted by Gasteiger charge is -2.25. The highest BCUT2D eigenvalue weighted by Crippen LogP contribution is 2.19. The van der Waals surface area contributed by atoms with Crippen molar-refractivity contribution in [2.24, 2.45) is 10.3 Å². The Morgan fingerprint density at radius 3 is 2.35 bits per heavy atom. The molecule has 174 valence electrons. The Morgan fingerprint density at radius 2 is 1.65 bits per heavy atom. The lowest BCUT2D eigenvalue weighted by atomic mass is 10.00. The number of benzene rings is 3. The predicted molar refractivity (Wildman–Crippen MR) is 122 cm³/mol. The highest BCUT2D eigenvalue weighted by atomic mass is 19.4. The van der Waals surface area contributed by atoms with Crippen LogP contribution in [0.25, 0.3) is 0 Å². The van der Waals surface area contributed by atoms with E-state index in [0.29, 0.717) is 21.8 Å². The molecule has 0 unspecified atom stereocenters. The van der Waals surface area contributed by atoms with Crippen molar-refractivity contribution < 1.29 is 22.8 Å². The van der Waals surface area contributed by atoms with Crippen LogP contribution in [-0.2, 0) is 16.2 Å². The maximum Gasteiger partial charge on any atom is 0.408 e. The second-order valence-electron chi connectivity index (χ2n) is 7.51. The molecule has 34 heavy (non-hydrogen) atoms. The zero-order valence-electron chi connectivity index (χ0n) is 18.0. The molecule has 0 radical (unpaired) electrons. The Morgan fingerprint density at radius 1 is 0.971 bits per heavy atom. The van der Waals surface area contributed by atoms with Crippen molar-refractivity contribution in [3.05, 3.63) is 107 Å². The average molecular weight is 466 g/mol. The van der Waals surface area contributed by atoms with Crippen molar-refractivity contribution in [3.8, 4) is 0 Å². The standard InChI is InChI=1S/C25H21F3N4O2/c26-25(27,28)17-32-22(33)15-29-24(30-32)21-13-7-12-20(14-21)23(19-10-5-2-6-11-19)31-34-16-18-8-3-1-4-9-18/h1-14H,15-17H2,(H,29,30). The number of nitrogens with zero attached hydrogens (tertiary/aromatic N) is 3. The third-order valence-electron chi connectivity index (χ3n) is 4.93. The molecule has 0 atom stereocenters. The van der Waals surface area contributed by atoms with E-state index in [9.17, 15) is 18.0 Å². The van der Waals surface area contributed by atoms with E-state index >= 15 is 0 Å². The molecule has 0 bridgehead atoms. The number of amides is 1. The normalized spacial score (nSPS) is 14.4. The molecule has 0 aromatic heterocycles. The highest BCUT2D eigenvalue weighted by Gasteiger charge is 2.35. The third-order valence-corrected chi connectivity index (χ3v) is 4.93. The second-order valence-corrected chi connectivity index (χ2v) is 7.51. The van der Waals surface area contributed by atoms with Crippen LogP contribution in [0.4, 0.5) is 13.2 Å². The van der Waals surface area contributed by atoms with Crippen molar-refractivity contribution in [2.75, 3.05) is 13.1 Å². The number of hydrogen-bond acceptors (Lipinski definition) is 5. The SMILES string of the molecule is O=C1CNC(c2cccc(C(=NOCc3ccccc3)c3ccccc3)c2)=NN1CC(F)(F)F. The summed E-state index contributed by atoms with van der Waals surface area (Å²) in [6.07, 6.45) is -4.55. The number of alkyl halides is 3. The van der Waals surface area contributed by atoms with Gasteiger partial charge in [-0.2, -0.15) is 18.3 Å². The molecule has 3 aromatic carbocycles. The van der Waals surface area contributed by atoms with Gasteiger partial charge in [0, 0.05) is 16.7 Å². The second kappa shape index (κ2) is 10.2. The van der Waals surface area contributed by atoms with Gasteiger partial charge in [-0.15, -0.1) is 0 Å². The van der Waals surface area contributed by atoms with Gasteiger partial charge in [-0.3, -0.25) is 4.79 Å². The molecule has 1 N–H and O–H groups in total. The Labute approximate surface area is 194 Å². The Kier molecular flexibility index (Phi) is 6.91. The topological polar surface area (TPSA) is 66.3 Å². The molecule has 9 heteroatoms. The molecule has 1 aliphatic rings. The van der Waals surface area contributed by atoms with Crippen LogP contribution in [0.2, 0.25) is 0 Å². The number of nitrogens with one attached hydrogen (secondary N) is 1. The van der Waals surface area contributed by atoms with Crippen molar-refractivity contribution >= 4 is 17.5 Å². The fraction of sp³-hybridized carbons (Fsp3) is 0.160. The third kappa shape index (κ3) is 6.00. The van der Waals surface area contributed by atoms with Crippen molar-refractivity contribution in [2.45, 2.75) is 12.8 Å². The molecule has 1 heterocycles. The quantitative estimate of drug-likeness (QED) is 0.417. The average Bonchev–Trinajstić information content (AvgIpc) is 2.84. The fourth-order valence-electron chi connectivity index (χ4n) is 3.34. The van der Waals surface area contributed by atoms with Gasteiger partial charge in [0.05, 0.1) is 6.54 Å². The number of carbonyl (C=O) groups excluding carboxylic acids is 1. The first-order chi connectivity index (χ1) is 16.4. The van der Waals surface area contributed by atoms with E-state index in [1.165, 1.54) is 0 Å². The lowest BCUT2D eigenvalue weighted by molar-refractivity contribution is -0.161. The van der Waals surface area contributed by atoms with Gasteiger partial charge in [0.2, 0.25) is 0 Å². The fourth-order valence-corrected chi connectivity index (χ4v) is 3.34. The summed E-state index contributed by atoms with van der Waals surface area (Å²) in [5, 5.41) is 11.5. The van der Waals surface area contributed by atoms with Crippen LogP contribution in [0.5, 0.6) is 0 Å². The minimum absolute atomic E-state index is 0.170. The molecule has 4 rings (SSSR count). The molecular formula is C25H21F3N4O2. The molecule has 0 saturated carbocycles. The van der Waals surface area contributed by atoms with Gasteiger partial charge in [-0.1, -0.05) is 84.0 Å². The highest BCUT2D eigenvalue weighted by molar-refractivity contribution is 6.14. The number of halogens is 3. The summed E-state index contributed by atoms with van der Waals surface area (Å²) in [6.45, 7) is -1.45. The summed E-state index contributed by atoms with van der Waals surface area (Å²) in [7, 11) is 0. The largest absolute Gasteiger partial charge is 0.408 e. The molecule has 0 spiro atoms. The Hall–Kier alpha value is -4.14. The first-order valence-corrected chi connectivity index (χ1v) is 10.5. The van der Waals surface area contributed by atoms with E-state index in [4.69, 9.17) is 4.84 Å². The molecule has 1 amide bonds. The number of hydrogen-bond donors (Lipinski definition) is 1. The first-order valence-electron chi connectivity index (χ1n) is 10.5. The van der Waals surface area contributed by atoms with E-state index < -0.39 is 18.6 Å². The van der Waals surface area contributed by atoms with Gasteiger partial charge < -0.3 is 10.2 Å². The summed E-state index contributed by atoms with van der Waals surface area (Å²) >= 11 is 0. The van der Waals surface area contributed by atoms with Gasteiger partial charge >= 0.3 is 6.18 Å². The van der Waals surface area contributed by atoms with E-state index in [2.05, 4.69) is 15.6 Å². The predicted octanol–water partition coefficient (Wildman–Crippen LogP) is 4.31. The maximum atomic E-state index is 12.8. The lowest BCUT2D eigenvalue weighted by Crippen LogP contribution is -2.47. The molecule has 1 aliphatic heterocycles. The summed E-state index contributed by atoms with van der Waals surface area (Å²) < 4.78 is 38.5. The Balaban J connectivity index is 1.64. The van der Waals surface area contributed by atoms with Crippen LogP contribution in [0.15, 0.2) is 95.2 Å². The van der Waals surface area contributed by atoms with Crippen LogP contribution in [0.1, 0.15) is 22.3 Å². The Bertz CT molecular complexity index is 1200.